The first-order valence-corrected chi connectivity index (χ1v) is 25.9. The van der Waals surface area contributed by atoms with Crippen molar-refractivity contribution in [1.82, 2.24) is 8.80 Å². The number of hydrogen-bond donors (Lipinski definition) is 0. The lowest BCUT2D eigenvalue weighted by Crippen LogP contribution is -2.59. The van der Waals surface area contributed by atoms with Crippen molar-refractivity contribution in [3.05, 3.63) is 0 Å². The molecule has 0 N–H and O–H groups in total. The summed E-state index contributed by atoms with van der Waals surface area (Å²) in [4.78, 5) is 0. The van der Waals surface area contributed by atoms with Crippen molar-refractivity contribution in [2.45, 2.75) is 84.9 Å². The van der Waals surface area contributed by atoms with Crippen LogP contribution in [0.15, 0.2) is 0 Å². The maximum Gasteiger partial charge on any atom is 0.118 e. The van der Waals surface area contributed by atoms with Gasteiger partial charge in [-0.05, 0) is 32.1 Å². The van der Waals surface area contributed by atoms with Gasteiger partial charge in [0.15, 0.2) is 0 Å². The van der Waals surface area contributed by atoms with Crippen LogP contribution in [0.5, 0.6) is 0 Å². The van der Waals surface area contributed by atoms with E-state index in [1.165, 1.54) is 19.3 Å². The van der Waals surface area contributed by atoms with Crippen LogP contribution in [0, 0.1) is 0 Å². The molecule has 0 aliphatic rings. The van der Waals surface area contributed by atoms with Gasteiger partial charge in [0.05, 0.1) is 26.4 Å². The molecule has 0 amide bonds. The summed E-state index contributed by atoms with van der Waals surface area (Å²) in [6, 6.07) is 0. The molecule has 0 radical (unpaired) electrons. The standard InChI is InChI=1S/C22H56N2O3Si4/c1-28(2)22-23(29(3,4)5)14-12-16-25-18-20-27-21-19-26-17-13-15-24(30(6,7)8)31(9,10)11/h28H,12-22H2,1-11H3. The van der Waals surface area contributed by atoms with Gasteiger partial charge in [-0.15, -0.1) is 0 Å². The van der Waals surface area contributed by atoms with Gasteiger partial charge in [-0.2, -0.15) is 0 Å². The Hall–Kier alpha value is 0.668. The molecule has 9 heteroatoms. The second-order valence-corrected chi connectivity index (χ2v) is 30.4. The van der Waals surface area contributed by atoms with Crippen molar-refractivity contribution in [3.8, 4) is 0 Å². The first-order valence-electron chi connectivity index (χ1n) is 12.4. The Bertz CT molecular complexity index is 436. The predicted octanol–water partition coefficient (Wildman–Crippen LogP) is 4.95. The molecule has 31 heavy (non-hydrogen) atoms. The van der Waals surface area contributed by atoms with Crippen molar-refractivity contribution >= 4 is 33.5 Å². The molecule has 5 nitrogen and oxygen atoms in total. The minimum Gasteiger partial charge on any atom is -0.379 e. The Morgan fingerprint density at radius 1 is 0.548 bits per heavy atom. The van der Waals surface area contributed by atoms with E-state index >= 15 is 0 Å². The minimum absolute atomic E-state index is 0.549. The normalized spacial score (nSPS) is 13.7. The Kier molecular flexibility index (Phi) is 15.9. The number of nitrogens with zero attached hydrogens (tertiary/aromatic N) is 2. The fraction of sp³-hybridized carbons (Fsp3) is 1.00. The third kappa shape index (κ3) is 16.9. The zero-order valence-corrected chi connectivity index (χ0v) is 27.1. The van der Waals surface area contributed by atoms with Crippen LogP contribution in [0.2, 0.25) is 72.0 Å². The van der Waals surface area contributed by atoms with Crippen LogP contribution in [-0.2, 0) is 14.2 Å². The number of hydrogen-bond acceptors (Lipinski definition) is 5. The van der Waals surface area contributed by atoms with Gasteiger partial charge in [0.1, 0.15) is 24.7 Å². The maximum absolute atomic E-state index is 5.78. The summed E-state index contributed by atoms with van der Waals surface area (Å²) in [6.07, 6.45) is 3.58. The van der Waals surface area contributed by atoms with E-state index in [9.17, 15) is 0 Å². The van der Waals surface area contributed by atoms with Crippen molar-refractivity contribution in [2.75, 3.05) is 58.9 Å². The topological polar surface area (TPSA) is 34.2 Å². The monoisotopic (exact) mass is 508 g/mol. The number of ether oxygens (including phenoxy) is 3. The lowest BCUT2D eigenvalue weighted by atomic mass is 10.4. The molecule has 0 aliphatic heterocycles. The van der Waals surface area contributed by atoms with E-state index in [2.05, 4.69) is 80.8 Å². The van der Waals surface area contributed by atoms with Crippen LogP contribution in [-0.4, -0.2) is 101 Å². The zero-order chi connectivity index (χ0) is 24.1. The first kappa shape index (κ1) is 31.7. The van der Waals surface area contributed by atoms with E-state index in [0.29, 0.717) is 26.4 Å². The third-order valence-corrected chi connectivity index (χ3v) is 16.8. The molecule has 0 atom stereocenters. The highest BCUT2D eigenvalue weighted by atomic mass is 28.4. The highest BCUT2D eigenvalue weighted by Gasteiger charge is 2.33. The molecule has 0 fully saturated rings. The molecular weight excluding hydrogens is 453 g/mol. The minimum atomic E-state index is -1.24. The molecule has 0 aromatic rings. The van der Waals surface area contributed by atoms with Crippen LogP contribution in [0.25, 0.3) is 0 Å². The average molecular weight is 509 g/mol. The van der Waals surface area contributed by atoms with Gasteiger partial charge in [0.2, 0.25) is 0 Å². The molecule has 0 aromatic heterocycles. The van der Waals surface area contributed by atoms with Gasteiger partial charge >= 0.3 is 0 Å². The van der Waals surface area contributed by atoms with Crippen LogP contribution in [0.4, 0.5) is 0 Å². The molecule has 0 saturated carbocycles. The Balaban J connectivity index is 3.68. The Labute approximate surface area is 200 Å². The second-order valence-electron chi connectivity index (χ2n) is 12.0. The largest absolute Gasteiger partial charge is 0.379 e. The Morgan fingerprint density at radius 2 is 0.935 bits per heavy atom. The molecule has 0 saturated heterocycles. The van der Waals surface area contributed by atoms with Gasteiger partial charge in [-0.3, -0.25) is 0 Å². The quantitative estimate of drug-likeness (QED) is 0.182. The predicted molar refractivity (Wildman–Crippen MR) is 149 cm³/mol. The highest BCUT2D eigenvalue weighted by molar-refractivity contribution is 6.89. The van der Waals surface area contributed by atoms with Crippen molar-refractivity contribution in [2.24, 2.45) is 0 Å². The molecule has 0 bridgehead atoms. The van der Waals surface area contributed by atoms with Crippen LogP contribution < -0.4 is 0 Å². The van der Waals surface area contributed by atoms with E-state index in [-0.39, 0.29) is 0 Å². The lowest BCUT2D eigenvalue weighted by Gasteiger charge is -2.43. The summed E-state index contributed by atoms with van der Waals surface area (Å²) in [5, 5.41) is 0. The summed E-state index contributed by atoms with van der Waals surface area (Å²) in [5.41, 5.74) is 0. The fourth-order valence-electron chi connectivity index (χ4n) is 4.04. The smallest absolute Gasteiger partial charge is 0.118 e. The highest BCUT2D eigenvalue weighted by Crippen LogP contribution is 2.19. The molecule has 0 aromatic carbocycles. The Morgan fingerprint density at radius 3 is 1.29 bits per heavy atom. The van der Waals surface area contributed by atoms with Crippen LogP contribution in [0.1, 0.15) is 12.8 Å². The summed E-state index contributed by atoms with van der Waals surface area (Å²) < 4.78 is 22.8. The molecule has 0 spiro atoms. The van der Waals surface area contributed by atoms with Gasteiger partial charge in [-0.1, -0.05) is 72.0 Å². The van der Waals surface area contributed by atoms with Crippen molar-refractivity contribution in [3.63, 3.8) is 0 Å². The van der Waals surface area contributed by atoms with Crippen LogP contribution in [0.3, 0.4) is 0 Å². The summed E-state index contributed by atoms with van der Waals surface area (Å²) in [5.74, 6) is 0. The lowest BCUT2D eigenvalue weighted by molar-refractivity contribution is 0.0131. The second kappa shape index (κ2) is 15.5. The maximum atomic E-state index is 5.78. The summed E-state index contributed by atoms with van der Waals surface area (Å²) >= 11 is 0. The molecule has 0 aliphatic carbocycles. The SMILES string of the molecule is C[SiH](C)CN(CCCOCCOCCOCCCN([Si](C)(C)C)[Si](C)(C)C)[Si](C)(C)C. The van der Waals surface area contributed by atoms with Crippen LogP contribution >= 0.6 is 0 Å². The van der Waals surface area contributed by atoms with E-state index < -0.39 is 33.5 Å². The summed E-state index contributed by atoms with van der Waals surface area (Å²) in [7, 11) is -4.24. The van der Waals surface area contributed by atoms with Gasteiger partial charge < -0.3 is 23.0 Å². The number of rotatable bonds is 19. The van der Waals surface area contributed by atoms with E-state index in [4.69, 9.17) is 14.2 Å². The summed E-state index contributed by atoms with van der Waals surface area (Å²) in [6.45, 7) is 33.7. The molecule has 188 valence electrons. The average Bonchev–Trinajstić information content (AvgIpc) is 2.57. The van der Waals surface area contributed by atoms with Gasteiger partial charge in [0, 0.05) is 22.0 Å². The first-order chi connectivity index (χ1) is 14.2. The molecule has 0 unspecified atom stereocenters. The molecule has 0 rings (SSSR count). The van der Waals surface area contributed by atoms with Gasteiger partial charge in [-0.25, -0.2) is 0 Å². The molecular formula is C22H56N2O3Si4. The molecule has 0 heterocycles. The fourth-order valence-corrected chi connectivity index (χ4v) is 18.9. The van der Waals surface area contributed by atoms with Gasteiger partial charge in [0.25, 0.3) is 0 Å². The van der Waals surface area contributed by atoms with E-state index in [1.54, 1.807) is 0 Å². The zero-order valence-electron chi connectivity index (χ0n) is 23.0. The van der Waals surface area contributed by atoms with Crippen molar-refractivity contribution < 1.29 is 14.2 Å². The van der Waals surface area contributed by atoms with E-state index in [1.807, 2.05) is 0 Å². The van der Waals surface area contributed by atoms with E-state index in [0.717, 1.165) is 26.1 Å². The third-order valence-electron chi connectivity index (χ3n) is 5.28. The van der Waals surface area contributed by atoms with Crippen molar-refractivity contribution in [1.29, 1.82) is 0 Å².